The molecule has 0 spiro atoms. The normalized spacial score (nSPS) is 19.4. The first-order valence-corrected chi connectivity index (χ1v) is 9.33. The Morgan fingerprint density at radius 2 is 1.45 bits per heavy atom. The maximum absolute atomic E-state index is 2.63. The molecule has 0 saturated carbocycles. The van der Waals surface area contributed by atoms with E-state index >= 15 is 0 Å². The van der Waals surface area contributed by atoms with Crippen molar-refractivity contribution in [1.29, 1.82) is 0 Å². The minimum Gasteiger partial charge on any atom is -0.372 e. The van der Waals surface area contributed by atoms with E-state index in [1.54, 1.807) is 0 Å². The molecular formula is C20H36N2. The van der Waals surface area contributed by atoms with Gasteiger partial charge in [-0.05, 0) is 36.8 Å². The van der Waals surface area contributed by atoms with Crippen molar-refractivity contribution in [3.63, 3.8) is 0 Å². The van der Waals surface area contributed by atoms with Crippen LogP contribution in [-0.4, -0.2) is 37.6 Å². The standard InChI is InChI=1S/C16H24N2.2C2H6/c1-14-11-17(12-14)13-15-7-9-18(10-8-15)16-5-3-2-4-6-16;2*1-2/h2-6,14-15H,7-13H2,1H3;2*1-2H3. The van der Waals surface area contributed by atoms with Gasteiger partial charge in [-0.25, -0.2) is 0 Å². The van der Waals surface area contributed by atoms with Gasteiger partial charge in [0.05, 0.1) is 0 Å². The van der Waals surface area contributed by atoms with Crippen LogP contribution >= 0.6 is 0 Å². The summed E-state index contributed by atoms with van der Waals surface area (Å²) in [6.07, 6.45) is 2.72. The van der Waals surface area contributed by atoms with Crippen LogP contribution in [0.5, 0.6) is 0 Å². The van der Waals surface area contributed by atoms with E-state index in [2.05, 4.69) is 47.1 Å². The van der Waals surface area contributed by atoms with Gasteiger partial charge in [0, 0.05) is 38.4 Å². The van der Waals surface area contributed by atoms with Gasteiger partial charge >= 0.3 is 0 Å². The van der Waals surface area contributed by atoms with Gasteiger partial charge in [0.1, 0.15) is 0 Å². The van der Waals surface area contributed by atoms with Crippen LogP contribution in [0.4, 0.5) is 5.69 Å². The minimum atomic E-state index is 0.928. The molecule has 3 rings (SSSR count). The summed E-state index contributed by atoms with van der Waals surface area (Å²) >= 11 is 0. The van der Waals surface area contributed by atoms with Crippen LogP contribution < -0.4 is 4.90 Å². The lowest BCUT2D eigenvalue weighted by molar-refractivity contribution is 0.0865. The Bertz CT molecular complexity index is 363. The van der Waals surface area contributed by atoms with Gasteiger partial charge in [-0.2, -0.15) is 0 Å². The molecule has 126 valence electrons. The van der Waals surface area contributed by atoms with Crippen LogP contribution in [0.3, 0.4) is 0 Å². The highest BCUT2D eigenvalue weighted by atomic mass is 15.2. The maximum Gasteiger partial charge on any atom is 0.0366 e. The first-order valence-electron chi connectivity index (χ1n) is 9.33. The zero-order chi connectivity index (χ0) is 16.4. The minimum absolute atomic E-state index is 0.928. The molecule has 2 saturated heterocycles. The fourth-order valence-electron chi connectivity index (χ4n) is 3.35. The quantitative estimate of drug-likeness (QED) is 0.783. The fraction of sp³-hybridized carbons (Fsp3) is 0.700. The number of likely N-dealkylation sites (tertiary alicyclic amines) is 1. The molecule has 1 aromatic carbocycles. The summed E-state index contributed by atoms with van der Waals surface area (Å²) in [6.45, 7) is 16.8. The molecule has 0 N–H and O–H groups in total. The summed E-state index contributed by atoms with van der Waals surface area (Å²) in [7, 11) is 0. The third-order valence-electron chi connectivity index (χ3n) is 4.39. The second-order valence-corrected chi connectivity index (χ2v) is 6.09. The van der Waals surface area contributed by atoms with Crippen molar-refractivity contribution in [2.45, 2.75) is 47.5 Å². The van der Waals surface area contributed by atoms with Gasteiger partial charge in [0.15, 0.2) is 0 Å². The van der Waals surface area contributed by atoms with E-state index in [4.69, 9.17) is 0 Å². The molecule has 2 aliphatic rings. The van der Waals surface area contributed by atoms with Gasteiger partial charge in [0.2, 0.25) is 0 Å². The predicted octanol–water partition coefficient (Wildman–Crippen LogP) is 4.91. The summed E-state index contributed by atoms with van der Waals surface area (Å²) in [5.74, 6) is 1.87. The van der Waals surface area contributed by atoms with E-state index in [1.165, 1.54) is 51.3 Å². The lowest BCUT2D eigenvalue weighted by Crippen LogP contribution is -2.48. The van der Waals surface area contributed by atoms with Crippen LogP contribution in [0, 0.1) is 11.8 Å². The second-order valence-electron chi connectivity index (χ2n) is 6.09. The summed E-state index contributed by atoms with van der Waals surface area (Å²) in [6, 6.07) is 10.8. The molecule has 0 unspecified atom stereocenters. The van der Waals surface area contributed by atoms with Crippen LogP contribution in [0.25, 0.3) is 0 Å². The van der Waals surface area contributed by atoms with Gasteiger partial charge in [-0.15, -0.1) is 0 Å². The molecule has 0 aliphatic carbocycles. The summed E-state index contributed by atoms with van der Waals surface area (Å²) < 4.78 is 0. The highest BCUT2D eigenvalue weighted by molar-refractivity contribution is 5.46. The summed E-state index contributed by atoms with van der Waals surface area (Å²) in [5.41, 5.74) is 1.40. The molecule has 0 bridgehead atoms. The number of para-hydroxylation sites is 1. The monoisotopic (exact) mass is 304 g/mol. The lowest BCUT2D eigenvalue weighted by atomic mass is 9.93. The van der Waals surface area contributed by atoms with Gasteiger partial charge in [-0.3, -0.25) is 0 Å². The zero-order valence-electron chi connectivity index (χ0n) is 15.4. The molecule has 0 atom stereocenters. The first-order chi connectivity index (χ1) is 10.8. The number of anilines is 1. The topological polar surface area (TPSA) is 6.48 Å². The lowest BCUT2D eigenvalue weighted by Gasteiger charge is -2.42. The van der Waals surface area contributed by atoms with E-state index in [-0.39, 0.29) is 0 Å². The average Bonchev–Trinajstić information content (AvgIpc) is 2.59. The first kappa shape index (κ1) is 19.0. The van der Waals surface area contributed by atoms with Crippen molar-refractivity contribution in [2.75, 3.05) is 37.6 Å². The van der Waals surface area contributed by atoms with Gasteiger partial charge in [0.25, 0.3) is 0 Å². The van der Waals surface area contributed by atoms with Crippen LogP contribution in [0.2, 0.25) is 0 Å². The van der Waals surface area contributed by atoms with Crippen molar-refractivity contribution in [3.05, 3.63) is 30.3 Å². The van der Waals surface area contributed by atoms with E-state index in [0.29, 0.717) is 0 Å². The highest BCUT2D eigenvalue weighted by Gasteiger charge is 2.27. The van der Waals surface area contributed by atoms with Crippen molar-refractivity contribution in [1.82, 2.24) is 4.90 Å². The summed E-state index contributed by atoms with van der Waals surface area (Å²) in [4.78, 5) is 5.17. The van der Waals surface area contributed by atoms with E-state index in [9.17, 15) is 0 Å². The number of benzene rings is 1. The molecule has 0 radical (unpaired) electrons. The Morgan fingerprint density at radius 3 is 1.95 bits per heavy atom. The summed E-state index contributed by atoms with van der Waals surface area (Å²) in [5, 5.41) is 0. The fourth-order valence-corrected chi connectivity index (χ4v) is 3.35. The molecule has 0 amide bonds. The molecule has 2 heteroatoms. The van der Waals surface area contributed by atoms with E-state index in [0.717, 1.165) is 11.8 Å². The Labute approximate surface area is 138 Å². The van der Waals surface area contributed by atoms with Crippen molar-refractivity contribution >= 4 is 5.69 Å². The molecule has 2 fully saturated rings. The van der Waals surface area contributed by atoms with Crippen LogP contribution in [0.1, 0.15) is 47.5 Å². The Hall–Kier alpha value is -1.02. The maximum atomic E-state index is 2.63. The van der Waals surface area contributed by atoms with Gasteiger partial charge < -0.3 is 9.80 Å². The average molecular weight is 305 g/mol. The Kier molecular flexibility index (Phi) is 9.22. The largest absolute Gasteiger partial charge is 0.372 e. The number of hydrogen-bond acceptors (Lipinski definition) is 2. The van der Waals surface area contributed by atoms with Crippen LogP contribution in [0.15, 0.2) is 30.3 Å². The van der Waals surface area contributed by atoms with E-state index in [1.807, 2.05) is 27.7 Å². The molecule has 2 heterocycles. The molecule has 1 aromatic rings. The Morgan fingerprint density at radius 1 is 0.909 bits per heavy atom. The number of rotatable bonds is 3. The number of hydrogen-bond donors (Lipinski definition) is 0. The highest BCUT2D eigenvalue weighted by Crippen LogP contribution is 2.25. The third-order valence-corrected chi connectivity index (χ3v) is 4.39. The third kappa shape index (κ3) is 5.64. The molecule has 2 aliphatic heterocycles. The Balaban J connectivity index is 0.000000561. The molecular weight excluding hydrogens is 268 g/mol. The van der Waals surface area contributed by atoms with E-state index < -0.39 is 0 Å². The van der Waals surface area contributed by atoms with Crippen LogP contribution in [-0.2, 0) is 0 Å². The second kappa shape index (κ2) is 10.7. The molecule has 0 aromatic heterocycles. The number of nitrogens with zero attached hydrogens (tertiary/aromatic N) is 2. The molecule has 2 nitrogen and oxygen atoms in total. The number of piperidine rings is 1. The zero-order valence-corrected chi connectivity index (χ0v) is 15.4. The van der Waals surface area contributed by atoms with Crippen molar-refractivity contribution < 1.29 is 0 Å². The van der Waals surface area contributed by atoms with Gasteiger partial charge in [-0.1, -0.05) is 52.8 Å². The van der Waals surface area contributed by atoms with Crippen molar-refractivity contribution in [3.8, 4) is 0 Å². The SMILES string of the molecule is CC.CC.CC1CN(CC2CCN(c3ccccc3)CC2)C1. The van der Waals surface area contributed by atoms with Crippen molar-refractivity contribution in [2.24, 2.45) is 11.8 Å². The molecule has 22 heavy (non-hydrogen) atoms. The smallest absolute Gasteiger partial charge is 0.0366 e. The predicted molar refractivity (Wildman–Crippen MR) is 99.7 cm³/mol.